The molecule has 122 valence electrons. The van der Waals surface area contributed by atoms with Gasteiger partial charge in [0.2, 0.25) is 5.91 Å². The van der Waals surface area contributed by atoms with Gasteiger partial charge in [0.1, 0.15) is 5.69 Å². The van der Waals surface area contributed by atoms with Crippen LogP contribution in [-0.2, 0) is 11.3 Å². The number of benzene rings is 1. The molecule has 2 heterocycles. The molecule has 0 bridgehead atoms. The largest absolute Gasteiger partial charge is 0.346 e. The molecule has 0 aliphatic rings. The number of thiophene rings is 1. The molecule has 3 rings (SSSR count). The van der Waals surface area contributed by atoms with Gasteiger partial charge in [0.25, 0.3) is 5.91 Å². The molecule has 0 saturated carbocycles. The summed E-state index contributed by atoms with van der Waals surface area (Å²) in [7, 11) is 0. The summed E-state index contributed by atoms with van der Waals surface area (Å²) in [4.78, 5) is 23.1. The van der Waals surface area contributed by atoms with Gasteiger partial charge in [0.15, 0.2) is 0 Å². The highest BCUT2D eigenvalue weighted by Gasteiger charge is 2.08. The van der Waals surface area contributed by atoms with Gasteiger partial charge < -0.3 is 10.6 Å². The van der Waals surface area contributed by atoms with E-state index in [1.807, 2.05) is 16.8 Å². The van der Waals surface area contributed by atoms with E-state index in [9.17, 15) is 9.59 Å². The second-order valence-electron chi connectivity index (χ2n) is 5.08. The summed E-state index contributed by atoms with van der Waals surface area (Å²) in [5.41, 5.74) is 2.77. The summed E-state index contributed by atoms with van der Waals surface area (Å²) in [5.74, 6) is -0.365. The van der Waals surface area contributed by atoms with Crippen LogP contribution in [0.2, 0.25) is 0 Å². The third kappa shape index (κ3) is 3.85. The zero-order valence-electron chi connectivity index (χ0n) is 12.9. The maximum Gasteiger partial charge on any atom is 0.251 e. The van der Waals surface area contributed by atoms with Crippen LogP contribution in [0.1, 0.15) is 23.0 Å². The Hall–Kier alpha value is -3.00. The predicted molar refractivity (Wildman–Crippen MR) is 91.2 cm³/mol. The van der Waals surface area contributed by atoms with Crippen molar-refractivity contribution < 1.29 is 9.59 Å². The molecule has 0 aliphatic carbocycles. The van der Waals surface area contributed by atoms with Crippen LogP contribution in [0.5, 0.6) is 0 Å². The lowest BCUT2D eigenvalue weighted by Crippen LogP contribution is -2.23. The van der Waals surface area contributed by atoms with Gasteiger partial charge in [-0.25, -0.2) is 4.68 Å². The molecule has 1 aromatic carbocycles. The van der Waals surface area contributed by atoms with Crippen LogP contribution >= 0.6 is 11.3 Å². The number of anilines is 1. The molecule has 0 fully saturated rings. The number of carbonyl (C=O) groups is 2. The van der Waals surface area contributed by atoms with Crippen molar-refractivity contribution in [2.24, 2.45) is 0 Å². The average Bonchev–Trinajstić information content (AvgIpc) is 3.24. The minimum atomic E-state index is -0.213. The topological polar surface area (TPSA) is 88.9 Å². The Morgan fingerprint density at radius 2 is 2.00 bits per heavy atom. The van der Waals surface area contributed by atoms with Gasteiger partial charge >= 0.3 is 0 Å². The molecular formula is C16H15N5O2S. The number of nitrogens with zero attached hydrogens (tertiary/aromatic N) is 3. The lowest BCUT2D eigenvalue weighted by atomic mass is 10.2. The van der Waals surface area contributed by atoms with Crippen molar-refractivity contribution in [1.82, 2.24) is 20.3 Å². The van der Waals surface area contributed by atoms with Crippen molar-refractivity contribution in [2.45, 2.75) is 13.5 Å². The van der Waals surface area contributed by atoms with Crippen molar-refractivity contribution in [3.63, 3.8) is 0 Å². The summed E-state index contributed by atoms with van der Waals surface area (Å²) in [5, 5.41) is 17.4. The molecule has 0 atom stereocenters. The van der Waals surface area contributed by atoms with Crippen LogP contribution in [0.25, 0.3) is 5.69 Å². The first-order chi connectivity index (χ1) is 11.6. The lowest BCUT2D eigenvalue weighted by Gasteiger charge is -2.05. The van der Waals surface area contributed by atoms with Crippen molar-refractivity contribution in [3.8, 4) is 5.69 Å². The fourth-order valence-electron chi connectivity index (χ4n) is 2.07. The van der Waals surface area contributed by atoms with Crippen LogP contribution in [0.4, 0.5) is 5.69 Å². The van der Waals surface area contributed by atoms with E-state index in [2.05, 4.69) is 20.9 Å². The first-order valence-corrected chi connectivity index (χ1v) is 8.16. The minimum Gasteiger partial charge on any atom is -0.346 e. The molecule has 3 aromatic rings. The van der Waals surface area contributed by atoms with Crippen LogP contribution < -0.4 is 10.6 Å². The summed E-state index contributed by atoms with van der Waals surface area (Å²) >= 11 is 1.58. The molecule has 7 nitrogen and oxygen atoms in total. The summed E-state index contributed by atoms with van der Waals surface area (Å²) in [6.45, 7) is 1.72. The van der Waals surface area contributed by atoms with Gasteiger partial charge in [-0.05, 0) is 35.7 Å². The Labute approximate surface area is 142 Å². The molecule has 0 aliphatic heterocycles. The Bertz CT molecular complexity index is 840. The first-order valence-electron chi connectivity index (χ1n) is 7.21. The Balaban J connectivity index is 1.58. The average molecular weight is 341 g/mol. The maximum atomic E-state index is 12.1. The standard InChI is InChI=1S/C16H15N5O2S/c1-11(22)18-13-4-2-12(3-5-13)16(23)17-8-14-9-21(20-19-14)15-6-7-24-10-15/h2-7,9-10H,8H2,1H3,(H,17,23)(H,18,22). The molecule has 0 unspecified atom stereocenters. The van der Waals surface area contributed by atoms with E-state index in [-0.39, 0.29) is 18.4 Å². The zero-order valence-corrected chi connectivity index (χ0v) is 13.7. The Kier molecular flexibility index (Phi) is 4.66. The molecule has 2 N–H and O–H groups in total. The third-order valence-corrected chi connectivity index (χ3v) is 3.88. The molecule has 0 spiro atoms. The number of carbonyl (C=O) groups excluding carboxylic acids is 2. The highest BCUT2D eigenvalue weighted by atomic mass is 32.1. The predicted octanol–water partition coefficient (Wildman–Crippen LogP) is 2.22. The van der Waals surface area contributed by atoms with Gasteiger partial charge in [0, 0.05) is 23.6 Å². The Morgan fingerprint density at radius 3 is 2.67 bits per heavy atom. The van der Waals surface area contributed by atoms with Gasteiger partial charge in [-0.2, -0.15) is 11.3 Å². The van der Waals surface area contributed by atoms with Crippen LogP contribution in [-0.4, -0.2) is 26.8 Å². The summed E-state index contributed by atoms with van der Waals surface area (Å²) in [6, 6.07) is 8.62. The second-order valence-corrected chi connectivity index (χ2v) is 5.86. The number of rotatable bonds is 5. The summed E-state index contributed by atoms with van der Waals surface area (Å²) in [6.07, 6.45) is 1.78. The fraction of sp³-hybridized carbons (Fsp3) is 0.125. The van der Waals surface area contributed by atoms with Crippen molar-refractivity contribution in [2.75, 3.05) is 5.32 Å². The normalized spacial score (nSPS) is 10.4. The molecule has 0 saturated heterocycles. The van der Waals surface area contributed by atoms with Crippen LogP contribution in [0, 0.1) is 0 Å². The molecule has 2 amide bonds. The van der Waals surface area contributed by atoms with E-state index in [1.165, 1.54) is 6.92 Å². The molecule has 0 radical (unpaired) electrons. The van der Waals surface area contributed by atoms with E-state index < -0.39 is 0 Å². The van der Waals surface area contributed by atoms with E-state index in [0.717, 1.165) is 5.69 Å². The number of amides is 2. The van der Waals surface area contributed by atoms with Crippen molar-refractivity contribution in [3.05, 3.63) is 58.5 Å². The summed E-state index contributed by atoms with van der Waals surface area (Å²) < 4.78 is 1.67. The van der Waals surface area contributed by atoms with E-state index >= 15 is 0 Å². The van der Waals surface area contributed by atoms with Crippen LogP contribution in [0.3, 0.4) is 0 Å². The maximum absolute atomic E-state index is 12.1. The van der Waals surface area contributed by atoms with Gasteiger partial charge in [-0.3, -0.25) is 9.59 Å². The fourth-order valence-corrected chi connectivity index (χ4v) is 2.70. The number of hydrogen-bond donors (Lipinski definition) is 2. The zero-order chi connectivity index (χ0) is 16.9. The molecular weight excluding hydrogens is 326 g/mol. The van der Waals surface area contributed by atoms with E-state index in [1.54, 1.807) is 46.5 Å². The smallest absolute Gasteiger partial charge is 0.251 e. The minimum absolute atomic E-state index is 0.152. The van der Waals surface area contributed by atoms with Crippen LogP contribution in [0.15, 0.2) is 47.3 Å². The highest BCUT2D eigenvalue weighted by molar-refractivity contribution is 7.08. The SMILES string of the molecule is CC(=O)Nc1ccc(C(=O)NCc2cn(-c3ccsc3)nn2)cc1. The third-order valence-electron chi connectivity index (χ3n) is 3.21. The van der Waals surface area contributed by atoms with Gasteiger partial charge in [0.05, 0.1) is 18.4 Å². The van der Waals surface area contributed by atoms with Gasteiger partial charge in [-0.15, -0.1) is 5.10 Å². The first kappa shape index (κ1) is 15.9. The van der Waals surface area contributed by atoms with Gasteiger partial charge in [-0.1, -0.05) is 5.21 Å². The molecule has 8 heteroatoms. The van der Waals surface area contributed by atoms with E-state index in [0.29, 0.717) is 16.9 Å². The number of nitrogens with one attached hydrogen (secondary N) is 2. The lowest BCUT2D eigenvalue weighted by molar-refractivity contribution is -0.114. The highest BCUT2D eigenvalue weighted by Crippen LogP contribution is 2.11. The second kappa shape index (κ2) is 7.05. The van der Waals surface area contributed by atoms with E-state index in [4.69, 9.17) is 0 Å². The van der Waals surface area contributed by atoms with Crippen molar-refractivity contribution in [1.29, 1.82) is 0 Å². The monoisotopic (exact) mass is 341 g/mol. The molecule has 2 aromatic heterocycles. The van der Waals surface area contributed by atoms with Crippen molar-refractivity contribution >= 4 is 28.8 Å². The molecule has 24 heavy (non-hydrogen) atoms. The Morgan fingerprint density at radius 1 is 1.21 bits per heavy atom. The number of hydrogen-bond acceptors (Lipinski definition) is 5. The quantitative estimate of drug-likeness (QED) is 0.745. The number of aromatic nitrogens is 3.